The molecule has 0 saturated heterocycles. The molecule has 1 unspecified atom stereocenters. The smallest absolute Gasteiger partial charge is 0.182 e. The number of carbonyl (C=O) groups is 1. The summed E-state index contributed by atoms with van der Waals surface area (Å²) in [7, 11) is 0. The van der Waals surface area contributed by atoms with Crippen LogP contribution in [0.3, 0.4) is 0 Å². The van der Waals surface area contributed by atoms with Gasteiger partial charge in [-0.25, -0.2) is 4.98 Å². The van der Waals surface area contributed by atoms with Crippen molar-refractivity contribution in [3.63, 3.8) is 0 Å². The second kappa shape index (κ2) is 5.70. The second-order valence-corrected chi connectivity index (χ2v) is 6.35. The first kappa shape index (κ1) is 15.3. The third-order valence-corrected chi connectivity index (χ3v) is 4.33. The number of carbonyl (C=O) groups excluding carboxylic acids is 1. The predicted octanol–water partition coefficient (Wildman–Crippen LogP) is 4.37. The number of halogens is 2. The molecule has 0 aliphatic carbocycles. The van der Waals surface area contributed by atoms with Crippen LogP contribution in [-0.2, 0) is 0 Å². The molecule has 0 radical (unpaired) electrons. The molecule has 0 N–H and O–H groups in total. The van der Waals surface area contributed by atoms with Gasteiger partial charge < -0.3 is 4.57 Å². The molecule has 5 heteroatoms. The van der Waals surface area contributed by atoms with E-state index in [0.717, 1.165) is 27.4 Å². The number of hydrogen-bond donors (Lipinski definition) is 0. The van der Waals surface area contributed by atoms with Crippen molar-refractivity contribution in [2.24, 2.45) is 0 Å². The van der Waals surface area contributed by atoms with Crippen molar-refractivity contribution in [2.45, 2.75) is 33.1 Å². The minimum absolute atomic E-state index is 0.0557. The van der Waals surface area contributed by atoms with Gasteiger partial charge in [-0.05, 0) is 61.8 Å². The van der Waals surface area contributed by atoms with Gasteiger partial charge in [0.25, 0.3) is 0 Å². The van der Waals surface area contributed by atoms with E-state index < -0.39 is 5.38 Å². The lowest BCUT2D eigenvalue weighted by atomic mass is 10.1. The molecular weight excluding hydrogens is 340 g/mol. The molecule has 2 rings (SSSR count). The highest BCUT2D eigenvalue weighted by molar-refractivity contribution is 9.10. The van der Waals surface area contributed by atoms with E-state index in [1.807, 2.05) is 43.5 Å². The monoisotopic (exact) mass is 354 g/mol. The fourth-order valence-electron chi connectivity index (χ4n) is 2.23. The average molecular weight is 356 g/mol. The molecule has 2 heterocycles. The fourth-order valence-corrected chi connectivity index (χ4v) is 2.57. The lowest BCUT2D eigenvalue weighted by Crippen LogP contribution is -2.12. The first-order chi connectivity index (χ1) is 9.32. The van der Waals surface area contributed by atoms with Crippen molar-refractivity contribution in [1.29, 1.82) is 0 Å². The van der Waals surface area contributed by atoms with Crippen molar-refractivity contribution in [1.82, 2.24) is 9.55 Å². The van der Waals surface area contributed by atoms with Gasteiger partial charge in [-0.1, -0.05) is 0 Å². The Balaban J connectivity index is 2.58. The molecule has 0 aromatic carbocycles. The number of rotatable bonds is 3. The molecule has 1 atom stereocenters. The third kappa shape index (κ3) is 2.67. The van der Waals surface area contributed by atoms with Crippen LogP contribution < -0.4 is 0 Å². The normalized spacial score (nSPS) is 12.5. The number of nitrogens with zero attached hydrogens (tertiary/aromatic N) is 2. The molecule has 0 amide bonds. The number of ketones is 1. The largest absolute Gasteiger partial charge is 0.302 e. The summed E-state index contributed by atoms with van der Waals surface area (Å²) < 4.78 is 2.95. The van der Waals surface area contributed by atoms with Gasteiger partial charge in [-0.2, -0.15) is 0 Å². The van der Waals surface area contributed by atoms with Crippen LogP contribution in [0.2, 0.25) is 0 Å². The number of aryl methyl sites for hydroxylation is 2. The molecule has 2 aromatic heterocycles. The number of pyridine rings is 1. The molecular formula is C15H16BrClN2O. The van der Waals surface area contributed by atoms with Gasteiger partial charge in [0, 0.05) is 21.4 Å². The minimum atomic E-state index is -0.524. The average Bonchev–Trinajstić information content (AvgIpc) is 2.67. The Morgan fingerprint density at radius 3 is 2.55 bits per heavy atom. The molecule has 0 spiro atoms. The Labute approximate surface area is 132 Å². The SMILES string of the molecule is Cc1nc(-n2c(C)cc(C(=O)C(C)Cl)c2C)ccc1Br. The van der Waals surface area contributed by atoms with E-state index in [2.05, 4.69) is 20.9 Å². The first-order valence-corrected chi connectivity index (χ1v) is 7.56. The molecule has 20 heavy (non-hydrogen) atoms. The molecule has 0 saturated carbocycles. The van der Waals surface area contributed by atoms with E-state index in [4.69, 9.17) is 11.6 Å². The van der Waals surface area contributed by atoms with Crippen LogP contribution in [-0.4, -0.2) is 20.7 Å². The highest BCUT2D eigenvalue weighted by Crippen LogP contribution is 2.23. The van der Waals surface area contributed by atoms with Crippen LogP contribution >= 0.6 is 27.5 Å². The van der Waals surface area contributed by atoms with Crippen molar-refractivity contribution in [2.75, 3.05) is 0 Å². The minimum Gasteiger partial charge on any atom is -0.302 e. The van der Waals surface area contributed by atoms with Crippen molar-refractivity contribution < 1.29 is 4.79 Å². The molecule has 2 aromatic rings. The van der Waals surface area contributed by atoms with Crippen LogP contribution in [0.4, 0.5) is 0 Å². The molecule has 3 nitrogen and oxygen atoms in total. The topological polar surface area (TPSA) is 34.9 Å². The summed E-state index contributed by atoms with van der Waals surface area (Å²) in [6, 6.07) is 5.76. The van der Waals surface area contributed by atoms with Crippen LogP contribution in [0.25, 0.3) is 5.82 Å². The standard InChI is InChI=1S/C15H16BrClN2O/c1-8-7-12(15(20)9(2)17)11(4)19(8)14-6-5-13(16)10(3)18-14/h5-7,9H,1-4H3. The van der Waals surface area contributed by atoms with Gasteiger partial charge in [-0.3, -0.25) is 4.79 Å². The summed E-state index contributed by atoms with van der Waals surface area (Å²) in [5.74, 6) is 0.752. The zero-order chi connectivity index (χ0) is 15.0. The Hall–Kier alpha value is -1.13. The van der Waals surface area contributed by atoms with Gasteiger partial charge >= 0.3 is 0 Å². The highest BCUT2D eigenvalue weighted by Gasteiger charge is 2.20. The number of Topliss-reactive ketones (excluding diaryl/α,β-unsaturated/α-hetero) is 1. The van der Waals surface area contributed by atoms with Crippen LogP contribution in [0.15, 0.2) is 22.7 Å². The Morgan fingerprint density at radius 2 is 2.00 bits per heavy atom. The van der Waals surface area contributed by atoms with Crippen molar-refractivity contribution in [3.8, 4) is 5.82 Å². The third-order valence-electron chi connectivity index (χ3n) is 3.29. The van der Waals surface area contributed by atoms with E-state index in [1.54, 1.807) is 6.92 Å². The van der Waals surface area contributed by atoms with Crippen molar-refractivity contribution in [3.05, 3.63) is 45.3 Å². The number of aromatic nitrogens is 2. The van der Waals surface area contributed by atoms with Gasteiger partial charge in [-0.15, -0.1) is 11.6 Å². The molecule has 0 aliphatic rings. The first-order valence-electron chi connectivity index (χ1n) is 6.33. The quantitative estimate of drug-likeness (QED) is 0.605. The van der Waals surface area contributed by atoms with Crippen LogP contribution in [0.5, 0.6) is 0 Å². The summed E-state index contributed by atoms with van der Waals surface area (Å²) in [5.41, 5.74) is 3.41. The van der Waals surface area contributed by atoms with E-state index in [9.17, 15) is 4.79 Å². The lowest BCUT2D eigenvalue weighted by molar-refractivity contribution is 0.0991. The summed E-state index contributed by atoms with van der Waals surface area (Å²) in [5, 5.41) is -0.524. The van der Waals surface area contributed by atoms with Crippen LogP contribution in [0.1, 0.15) is 34.4 Å². The number of hydrogen-bond acceptors (Lipinski definition) is 2. The maximum atomic E-state index is 12.1. The van der Waals surface area contributed by atoms with Gasteiger partial charge in [0.1, 0.15) is 5.82 Å². The molecule has 106 valence electrons. The summed E-state index contributed by atoms with van der Waals surface area (Å²) in [6.07, 6.45) is 0. The van der Waals surface area contributed by atoms with E-state index in [-0.39, 0.29) is 5.78 Å². The lowest BCUT2D eigenvalue weighted by Gasteiger charge is -2.10. The second-order valence-electron chi connectivity index (χ2n) is 4.84. The zero-order valence-electron chi connectivity index (χ0n) is 11.9. The molecule has 0 fully saturated rings. The van der Waals surface area contributed by atoms with Gasteiger partial charge in [0.05, 0.1) is 11.1 Å². The summed E-state index contributed by atoms with van der Waals surface area (Å²) in [4.78, 5) is 16.7. The number of alkyl halides is 1. The van der Waals surface area contributed by atoms with Crippen molar-refractivity contribution >= 4 is 33.3 Å². The molecule has 0 bridgehead atoms. The van der Waals surface area contributed by atoms with E-state index in [0.29, 0.717) is 5.56 Å². The maximum Gasteiger partial charge on any atom is 0.182 e. The summed E-state index contributed by atoms with van der Waals surface area (Å²) in [6.45, 7) is 7.51. The maximum absolute atomic E-state index is 12.1. The van der Waals surface area contributed by atoms with E-state index >= 15 is 0 Å². The summed E-state index contributed by atoms with van der Waals surface area (Å²) >= 11 is 9.35. The Kier molecular flexibility index (Phi) is 4.35. The van der Waals surface area contributed by atoms with Gasteiger partial charge in [0.15, 0.2) is 5.78 Å². The predicted molar refractivity (Wildman–Crippen MR) is 85.1 cm³/mol. The zero-order valence-corrected chi connectivity index (χ0v) is 14.2. The van der Waals surface area contributed by atoms with E-state index in [1.165, 1.54) is 0 Å². The Morgan fingerprint density at radius 1 is 1.35 bits per heavy atom. The molecule has 0 aliphatic heterocycles. The van der Waals surface area contributed by atoms with Crippen LogP contribution in [0, 0.1) is 20.8 Å². The van der Waals surface area contributed by atoms with Gasteiger partial charge in [0.2, 0.25) is 0 Å². The fraction of sp³-hybridized carbons (Fsp3) is 0.333. The Bertz CT molecular complexity index is 677. The highest BCUT2D eigenvalue weighted by atomic mass is 79.9.